The largest absolute Gasteiger partial charge is 0.462 e. The van der Waals surface area contributed by atoms with Crippen LogP contribution >= 0.6 is 0 Å². The van der Waals surface area contributed by atoms with Crippen LogP contribution in [0.2, 0.25) is 0 Å². The molecule has 0 spiro atoms. The lowest BCUT2D eigenvalue weighted by atomic mass is 10.1. The summed E-state index contributed by atoms with van der Waals surface area (Å²) < 4.78 is 10.3. The molecule has 0 aliphatic carbocycles. The SMILES string of the molecule is CC/C=C\C[C@H](O)/C=C/C=C/C=C\C=C/[C@@H](O)[C@H](O)CCCC(=O)O[C@@H](CO)COC(=O)CCCCCCCCC. The minimum absolute atomic E-state index is 0.00221. The minimum Gasteiger partial charge on any atom is -0.462 e. The fraction of sp³-hybridized carbons (Fsp3) is 0.636. The summed E-state index contributed by atoms with van der Waals surface area (Å²) >= 11 is 0. The zero-order valence-corrected chi connectivity index (χ0v) is 25.1. The van der Waals surface area contributed by atoms with Crippen LogP contribution in [0.5, 0.6) is 0 Å². The smallest absolute Gasteiger partial charge is 0.306 e. The first-order valence-electron chi connectivity index (χ1n) is 15.2. The molecular formula is C33H54O8. The molecule has 0 fully saturated rings. The molecular weight excluding hydrogens is 524 g/mol. The van der Waals surface area contributed by atoms with Crippen molar-refractivity contribution in [2.24, 2.45) is 0 Å². The summed E-state index contributed by atoms with van der Waals surface area (Å²) in [4.78, 5) is 24.0. The van der Waals surface area contributed by atoms with Crippen LogP contribution in [0.1, 0.15) is 97.3 Å². The van der Waals surface area contributed by atoms with Gasteiger partial charge in [-0.15, -0.1) is 0 Å². The second-order valence-corrected chi connectivity index (χ2v) is 10.0. The Hall–Kier alpha value is -2.52. The van der Waals surface area contributed by atoms with Crippen molar-refractivity contribution in [3.63, 3.8) is 0 Å². The van der Waals surface area contributed by atoms with Gasteiger partial charge in [0.15, 0.2) is 6.10 Å². The normalized spacial score (nSPS) is 15.4. The van der Waals surface area contributed by atoms with Crippen molar-refractivity contribution in [3.05, 3.63) is 60.8 Å². The van der Waals surface area contributed by atoms with Gasteiger partial charge in [0, 0.05) is 12.8 Å². The van der Waals surface area contributed by atoms with Crippen molar-refractivity contribution in [2.45, 2.75) is 122 Å². The fourth-order valence-electron chi connectivity index (χ4n) is 3.72. The van der Waals surface area contributed by atoms with Crippen molar-refractivity contribution in [3.8, 4) is 0 Å². The number of esters is 2. The Morgan fingerprint density at radius 2 is 1.34 bits per heavy atom. The summed E-state index contributed by atoms with van der Waals surface area (Å²) in [6, 6.07) is 0. The van der Waals surface area contributed by atoms with Crippen LogP contribution in [0, 0.1) is 0 Å². The van der Waals surface area contributed by atoms with E-state index in [-0.39, 0.29) is 31.8 Å². The van der Waals surface area contributed by atoms with Crippen molar-refractivity contribution in [2.75, 3.05) is 13.2 Å². The molecule has 234 valence electrons. The molecule has 0 amide bonds. The van der Waals surface area contributed by atoms with Gasteiger partial charge in [-0.3, -0.25) is 9.59 Å². The van der Waals surface area contributed by atoms with Gasteiger partial charge in [0.05, 0.1) is 24.9 Å². The van der Waals surface area contributed by atoms with Crippen LogP contribution in [0.25, 0.3) is 0 Å². The van der Waals surface area contributed by atoms with E-state index in [1.807, 2.05) is 19.1 Å². The highest BCUT2D eigenvalue weighted by Gasteiger charge is 2.18. The highest BCUT2D eigenvalue weighted by Crippen LogP contribution is 2.10. The maximum atomic E-state index is 12.1. The van der Waals surface area contributed by atoms with Crippen LogP contribution in [-0.4, -0.2) is 70.0 Å². The number of allylic oxidation sites excluding steroid dienone is 7. The predicted octanol–water partition coefficient (Wildman–Crippen LogP) is 5.41. The Bertz CT molecular complexity index is 799. The lowest BCUT2D eigenvalue weighted by molar-refractivity contribution is -0.161. The minimum atomic E-state index is -1.09. The van der Waals surface area contributed by atoms with Gasteiger partial charge < -0.3 is 29.9 Å². The summed E-state index contributed by atoms with van der Waals surface area (Å²) in [5.74, 6) is -0.940. The summed E-state index contributed by atoms with van der Waals surface area (Å²) in [5, 5.41) is 39.4. The fourth-order valence-corrected chi connectivity index (χ4v) is 3.72. The van der Waals surface area contributed by atoms with E-state index in [4.69, 9.17) is 9.47 Å². The highest BCUT2D eigenvalue weighted by atomic mass is 16.6. The molecule has 0 saturated heterocycles. The van der Waals surface area contributed by atoms with Crippen LogP contribution in [0.15, 0.2) is 60.8 Å². The second-order valence-electron chi connectivity index (χ2n) is 10.0. The Balaban J connectivity index is 4.11. The van der Waals surface area contributed by atoms with Gasteiger partial charge in [-0.05, 0) is 32.1 Å². The van der Waals surface area contributed by atoms with E-state index < -0.39 is 37.0 Å². The average Bonchev–Trinajstić information content (AvgIpc) is 2.95. The molecule has 0 aromatic rings. The van der Waals surface area contributed by atoms with Crippen molar-refractivity contribution in [1.82, 2.24) is 0 Å². The number of carbonyl (C=O) groups is 2. The van der Waals surface area contributed by atoms with Gasteiger partial charge >= 0.3 is 11.9 Å². The first-order chi connectivity index (χ1) is 19.8. The lowest BCUT2D eigenvalue weighted by Gasteiger charge is -2.17. The number of unbranched alkanes of at least 4 members (excludes halogenated alkanes) is 6. The molecule has 0 saturated carbocycles. The number of aliphatic hydroxyl groups excluding tert-OH is 4. The summed E-state index contributed by atoms with van der Waals surface area (Å²) in [7, 11) is 0. The summed E-state index contributed by atoms with van der Waals surface area (Å²) in [6.45, 7) is 3.56. The van der Waals surface area contributed by atoms with Crippen LogP contribution in [0.3, 0.4) is 0 Å². The predicted molar refractivity (Wildman–Crippen MR) is 163 cm³/mol. The monoisotopic (exact) mass is 578 g/mol. The van der Waals surface area contributed by atoms with Crippen LogP contribution < -0.4 is 0 Å². The van der Waals surface area contributed by atoms with E-state index in [1.165, 1.54) is 31.8 Å². The first-order valence-corrected chi connectivity index (χ1v) is 15.2. The van der Waals surface area contributed by atoms with Gasteiger partial charge in [-0.2, -0.15) is 0 Å². The van der Waals surface area contributed by atoms with E-state index in [0.29, 0.717) is 12.8 Å². The third-order valence-electron chi connectivity index (χ3n) is 6.17. The van der Waals surface area contributed by atoms with Crippen molar-refractivity contribution in [1.29, 1.82) is 0 Å². The van der Waals surface area contributed by atoms with Crippen LogP contribution in [0.4, 0.5) is 0 Å². The third-order valence-corrected chi connectivity index (χ3v) is 6.17. The molecule has 0 unspecified atom stereocenters. The summed E-state index contributed by atoms with van der Waals surface area (Å²) in [6.07, 6.45) is 23.9. The molecule has 8 heteroatoms. The number of ether oxygens (including phenoxy) is 2. The molecule has 4 atom stereocenters. The quantitative estimate of drug-likeness (QED) is 0.0489. The van der Waals surface area contributed by atoms with Gasteiger partial charge in [-0.25, -0.2) is 0 Å². The zero-order chi connectivity index (χ0) is 30.6. The van der Waals surface area contributed by atoms with E-state index in [2.05, 4.69) is 6.92 Å². The number of hydrogen-bond donors (Lipinski definition) is 4. The standard InChI is InChI=1S/C33H54O8/c1-3-5-7-8-9-14-18-24-32(38)40-27-29(26-34)41-33(39)25-19-23-31(37)30(36)22-17-13-11-10-12-16-21-28(35)20-15-6-4-2/h6,10-13,15-17,21-22,28-31,34-37H,3-5,7-9,14,18-20,23-27H2,1-2H3/b12-10+,13-11-,15-6-,21-16+,22-17-/t28-,29-,30+,31+/m0/s1. The number of aliphatic hydroxyl groups is 4. The number of rotatable bonds is 25. The van der Waals surface area contributed by atoms with Gasteiger partial charge in [-0.1, -0.05) is 113 Å². The molecule has 4 N–H and O–H groups in total. The Morgan fingerprint density at radius 1 is 0.732 bits per heavy atom. The molecule has 0 aliphatic heterocycles. The Labute approximate surface area is 247 Å². The molecule has 0 radical (unpaired) electrons. The maximum absolute atomic E-state index is 12.1. The molecule has 8 nitrogen and oxygen atoms in total. The molecule has 0 aliphatic rings. The van der Waals surface area contributed by atoms with Gasteiger partial charge in [0.2, 0.25) is 0 Å². The highest BCUT2D eigenvalue weighted by molar-refractivity contribution is 5.70. The van der Waals surface area contributed by atoms with Crippen molar-refractivity contribution < 1.29 is 39.5 Å². The molecule has 0 aromatic carbocycles. The molecule has 0 aromatic heterocycles. The molecule has 0 rings (SSSR count). The molecule has 41 heavy (non-hydrogen) atoms. The zero-order valence-electron chi connectivity index (χ0n) is 25.1. The topological polar surface area (TPSA) is 134 Å². The van der Waals surface area contributed by atoms with Crippen LogP contribution in [-0.2, 0) is 19.1 Å². The maximum Gasteiger partial charge on any atom is 0.306 e. The van der Waals surface area contributed by atoms with E-state index in [0.717, 1.165) is 25.7 Å². The number of hydrogen-bond acceptors (Lipinski definition) is 8. The first kappa shape index (κ1) is 38.5. The Morgan fingerprint density at radius 3 is 2.00 bits per heavy atom. The van der Waals surface area contributed by atoms with E-state index in [1.54, 1.807) is 42.5 Å². The Kier molecular flexibility index (Phi) is 25.9. The second kappa shape index (κ2) is 27.6. The molecule has 0 bridgehead atoms. The number of carbonyl (C=O) groups excluding carboxylic acids is 2. The average molecular weight is 579 g/mol. The molecule has 0 heterocycles. The lowest BCUT2D eigenvalue weighted by Crippen LogP contribution is -2.29. The van der Waals surface area contributed by atoms with E-state index >= 15 is 0 Å². The van der Waals surface area contributed by atoms with E-state index in [9.17, 15) is 30.0 Å². The van der Waals surface area contributed by atoms with Gasteiger partial charge in [0.1, 0.15) is 6.61 Å². The third kappa shape index (κ3) is 25.0. The van der Waals surface area contributed by atoms with Gasteiger partial charge in [0.25, 0.3) is 0 Å². The summed E-state index contributed by atoms with van der Waals surface area (Å²) in [5.41, 5.74) is 0. The van der Waals surface area contributed by atoms with Crippen molar-refractivity contribution >= 4 is 11.9 Å².